The average Bonchev–Trinajstić information content (AvgIpc) is 3.21. The SMILES string of the molecule is O=C(CSc1nc2ccccc2[nH]1)NN=Cc1ccc(OCc2ccccc2)cc1. The highest BCUT2D eigenvalue weighted by molar-refractivity contribution is 7.99. The fourth-order valence-electron chi connectivity index (χ4n) is 2.73. The molecule has 0 saturated carbocycles. The van der Waals surface area contributed by atoms with Crippen LogP contribution >= 0.6 is 11.8 Å². The molecule has 7 heteroatoms. The Labute approximate surface area is 178 Å². The van der Waals surface area contributed by atoms with E-state index in [0.29, 0.717) is 11.8 Å². The van der Waals surface area contributed by atoms with E-state index < -0.39 is 0 Å². The Kier molecular flexibility index (Phi) is 6.41. The zero-order valence-corrected chi connectivity index (χ0v) is 16.9. The molecule has 0 radical (unpaired) electrons. The number of imidazole rings is 1. The lowest BCUT2D eigenvalue weighted by Gasteiger charge is -2.06. The number of H-pyrrole nitrogens is 1. The summed E-state index contributed by atoms with van der Waals surface area (Å²) in [5.74, 6) is 0.811. The Morgan fingerprint density at radius 1 is 1.03 bits per heavy atom. The van der Waals surface area contributed by atoms with E-state index in [4.69, 9.17) is 4.74 Å². The number of aromatic amines is 1. The highest BCUT2D eigenvalue weighted by atomic mass is 32.2. The maximum absolute atomic E-state index is 12.0. The van der Waals surface area contributed by atoms with Crippen LogP contribution in [0.15, 0.2) is 89.1 Å². The van der Waals surface area contributed by atoms with E-state index in [2.05, 4.69) is 20.5 Å². The van der Waals surface area contributed by atoms with Crippen LogP contribution in [-0.2, 0) is 11.4 Å². The highest BCUT2D eigenvalue weighted by Gasteiger charge is 2.06. The molecular weight excluding hydrogens is 396 g/mol. The molecule has 4 rings (SSSR count). The standard InChI is InChI=1S/C23H20N4O2S/c28-22(16-30-23-25-20-8-4-5-9-21(20)26-23)27-24-14-17-10-12-19(13-11-17)29-15-18-6-2-1-3-7-18/h1-14H,15-16H2,(H,25,26)(H,27,28). The van der Waals surface area contributed by atoms with Crippen LogP contribution in [0.3, 0.4) is 0 Å². The number of thioether (sulfide) groups is 1. The first-order valence-corrected chi connectivity index (χ1v) is 10.4. The monoisotopic (exact) mass is 416 g/mol. The number of fused-ring (bicyclic) bond motifs is 1. The second-order valence-electron chi connectivity index (χ2n) is 6.48. The first-order chi connectivity index (χ1) is 14.8. The molecule has 0 unspecified atom stereocenters. The fraction of sp³-hybridized carbons (Fsp3) is 0.0870. The van der Waals surface area contributed by atoms with Gasteiger partial charge in [-0.05, 0) is 47.5 Å². The number of ether oxygens (including phenoxy) is 1. The molecule has 3 aromatic carbocycles. The lowest BCUT2D eigenvalue weighted by atomic mass is 10.2. The van der Waals surface area contributed by atoms with Crippen molar-refractivity contribution in [2.75, 3.05) is 5.75 Å². The van der Waals surface area contributed by atoms with E-state index in [1.165, 1.54) is 11.8 Å². The first kappa shape index (κ1) is 19.7. The zero-order chi connectivity index (χ0) is 20.6. The van der Waals surface area contributed by atoms with Gasteiger partial charge in [0.15, 0.2) is 5.16 Å². The molecule has 0 spiro atoms. The minimum absolute atomic E-state index is 0.195. The number of hydrazone groups is 1. The lowest BCUT2D eigenvalue weighted by Crippen LogP contribution is -2.19. The van der Waals surface area contributed by atoms with E-state index in [1.807, 2.05) is 78.9 Å². The number of nitrogens with zero attached hydrogens (tertiary/aromatic N) is 2. The van der Waals surface area contributed by atoms with Gasteiger partial charge in [0.2, 0.25) is 0 Å². The zero-order valence-electron chi connectivity index (χ0n) is 16.1. The van der Waals surface area contributed by atoms with Gasteiger partial charge in [0, 0.05) is 0 Å². The van der Waals surface area contributed by atoms with Crippen molar-refractivity contribution in [2.24, 2.45) is 5.10 Å². The molecule has 0 bridgehead atoms. The maximum Gasteiger partial charge on any atom is 0.250 e. The molecule has 1 amide bonds. The van der Waals surface area contributed by atoms with Crippen molar-refractivity contribution in [2.45, 2.75) is 11.8 Å². The van der Waals surface area contributed by atoms with Crippen LogP contribution in [0.25, 0.3) is 11.0 Å². The van der Waals surface area contributed by atoms with Crippen molar-refractivity contribution in [3.63, 3.8) is 0 Å². The smallest absolute Gasteiger partial charge is 0.250 e. The van der Waals surface area contributed by atoms with Crippen LogP contribution in [0.1, 0.15) is 11.1 Å². The predicted molar refractivity (Wildman–Crippen MR) is 120 cm³/mol. The maximum atomic E-state index is 12.0. The third-order valence-electron chi connectivity index (χ3n) is 4.24. The summed E-state index contributed by atoms with van der Waals surface area (Å²) in [6, 6.07) is 25.3. The second kappa shape index (κ2) is 9.76. The van der Waals surface area contributed by atoms with Crippen molar-refractivity contribution in [3.05, 3.63) is 90.0 Å². The minimum Gasteiger partial charge on any atom is -0.489 e. The molecule has 0 aliphatic heterocycles. The summed E-state index contributed by atoms with van der Waals surface area (Å²) < 4.78 is 5.76. The number of aromatic nitrogens is 2. The second-order valence-corrected chi connectivity index (χ2v) is 7.45. The molecule has 150 valence electrons. The third kappa shape index (κ3) is 5.48. The number of nitrogens with one attached hydrogen (secondary N) is 2. The Hall–Kier alpha value is -3.58. The van der Waals surface area contributed by atoms with Gasteiger partial charge < -0.3 is 9.72 Å². The summed E-state index contributed by atoms with van der Waals surface area (Å²) in [4.78, 5) is 19.6. The quantitative estimate of drug-likeness (QED) is 0.254. The molecule has 0 aliphatic rings. The summed E-state index contributed by atoms with van der Waals surface area (Å²) in [6.45, 7) is 0.521. The van der Waals surface area contributed by atoms with E-state index in [9.17, 15) is 4.79 Å². The molecule has 2 N–H and O–H groups in total. The van der Waals surface area contributed by atoms with Gasteiger partial charge in [-0.1, -0.05) is 54.2 Å². The van der Waals surface area contributed by atoms with Gasteiger partial charge in [0.25, 0.3) is 5.91 Å². The number of carbonyl (C=O) groups excluding carboxylic acids is 1. The van der Waals surface area contributed by atoms with Crippen LogP contribution in [0.2, 0.25) is 0 Å². The molecule has 30 heavy (non-hydrogen) atoms. The lowest BCUT2D eigenvalue weighted by molar-refractivity contribution is -0.118. The Morgan fingerprint density at radius 2 is 1.80 bits per heavy atom. The predicted octanol–water partition coefficient (Wildman–Crippen LogP) is 4.38. The molecule has 0 saturated heterocycles. The van der Waals surface area contributed by atoms with Crippen LogP contribution in [0.5, 0.6) is 5.75 Å². The van der Waals surface area contributed by atoms with Crippen molar-refractivity contribution >= 4 is 34.9 Å². The van der Waals surface area contributed by atoms with Gasteiger partial charge in [-0.3, -0.25) is 4.79 Å². The number of hydrogen-bond donors (Lipinski definition) is 2. The van der Waals surface area contributed by atoms with Gasteiger partial charge in [-0.15, -0.1) is 0 Å². The van der Waals surface area contributed by atoms with E-state index >= 15 is 0 Å². The topological polar surface area (TPSA) is 79.4 Å². The number of benzene rings is 3. The van der Waals surface area contributed by atoms with Crippen LogP contribution in [0, 0.1) is 0 Å². The third-order valence-corrected chi connectivity index (χ3v) is 5.11. The number of rotatable bonds is 8. The molecule has 0 atom stereocenters. The van der Waals surface area contributed by atoms with Gasteiger partial charge >= 0.3 is 0 Å². The van der Waals surface area contributed by atoms with Crippen molar-refractivity contribution in [1.82, 2.24) is 15.4 Å². The van der Waals surface area contributed by atoms with Crippen molar-refractivity contribution in [1.29, 1.82) is 0 Å². The summed E-state index contributed by atoms with van der Waals surface area (Å²) in [6.07, 6.45) is 1.60. The van der Waals surface area contributed by atoms with E-state index in [1.54, 1.807) is 6.21 Å². The summed E-state index contributed by atoms with van der Waals surface area (Å²) >= 11 is 1.34. The highest BCUT2D eigenvalue weighted by Crippen LogP contribution is 2.18. The number of hydrogen-bond acceptors (Lipinski definition) is 5. The van der Waals surface area contributed by atoms with Gasteiger partial charge in [-0.2, -0.15) is 5.10 Å². The van der Waals surface area contributed by atoms with E-state index in [0.717, 1.165) is 27.9 Å². The normalized spacial score (nSPS) is 11.1. The number of amides is 1. The summed E-state index contributed by atoms with van der Waals surface area (Å²) in [5.41, 5.74) is 6.36. The van der Waals surface area contributed by atoms with Gasteiger partial charge in [0.1, 0.15) is 12.4 Å². The van der Waals surface area contributed by atoms with Crippen molar-refractivity contribution in [3.8, 4) is 5.75 Å². The average molecular weight is 417 g/mol. The minimum atomic E-state index is -0.195. The summed E-state index contributed by atoms with van der Waals surface area (Å²) in [5, 5.41) is 4.72. The Bertz CT molecular complexity index is 1110. The molecule has 0 aliphatic carbocycles. The molecular formula is C23H20N4O2S. The number of carbonyl (C=O) groups is 1. The van der Waals surface area contributed by atoms with Crippen molar-refractivity contribution < 1.29 is 9.53 Å². The fourth-order valence-corrected chi connectivity index (χ4v) is 3.41. The molecule has 1 aromatic heterocycles. The van der Waals surface area contributed by atoms with Crippen LogP contribution in [0.4, 0.5) is 0 Å². The molecule has 1 heterocycles. The number of para-hydroxylation sites is 2. The molecule has 4 aromatic rings. The van der Waals surface area contributed by atoms with Gasteiger partial charge in [-0.25, -0.2) is 10.4 Å². The molecule has 6 nitrogen and oxygen atoms in total. The Morgan fingerprint density at radius 3 is 2.60 bits per heavy atom. The molecule has 0 fully saturated rings. The van der Waals surface area contributed by atoms with E-state index in [-0.39, 0.29) is 11.7 Å². The largest absolute Gasteiger partial charge is 0.489 e. The van der Waals surface area contributed by atoms with Crippen LogP contribution in [-0.4, -0.2) is 27.8 Å². The van der Waals surface area contributed by atoms with Crippen LogP contribution < -0.4 is 10.2 Å². The Balaban J connectivity index is 1.22. The first-order valence-electron chi connectivity index (χ1n) is 9.42. The summed E-state index contributed by atoms with van der Waals surface area (Å²) in [7, 11) is 0. The van der Waals surface area contributed by atoms with Gasteiger partial charge in [0.05, 0.1) is 23.0 Å².